The number of nitrogens with two attached hydrogens (primary N) is 1. The molecule has 144 valence electrons. The lowest BCUT2D eigenvalue weighted by Gasteiger charge is -2.29. The smallest absolute Gasteiger partial charge is 0.374 e. The average Bonchev–Trinajstić information content (AvgIpc) is 3.15. The summed E-state index contributed by atoms with van der Waals surface area (Å²) in [5.74, 6) is -0.994. The second kappa shape index (κ2) is 7.41. The van der Waals surface area contributed by atoms with E-state index in [2.05, 4.69) is 0 Å². The lowest BCUT2D eigenvalue weighted by atomic mass is 10.0. The third kappa shape index (κ3) is 4.12. The van der Waals surface area contributed by atoms with E-state index >= 15 is 0 Å². The Balaban J connectivity index is 1.67. The highest BCUT2D eigenvalue weighted by atomic mass is 32.2. The van der Waals surface area contributed by atoms with Crippen LogP contribution in [0.1, 0.15) is 22.5 Å². The molecule has 0 spiro atoms. The maximum absolute atomic E-state index is 12.5. The van der Waals surface area contributed by atoms with Crippen molar-refractivity contribution < 1.29 is 31.9 Å². The Morgan fingerprint density at radius 2 is 2.04 bits per heavy atom. The molecule has 27 heavy (non-hydrogen) atoms. The van der Waals surface area contributed by atoms with E-state index in [9.17, 15) is 18.0 Å². The highest BCUT2D eigenvalue weighted by Gasteiger charge is 2.25. The van der Waals surface area contributed by atoms with Crippen LogP contribution in [0.2, 0.25) is 0 Å². The van der Waals surface area contributed by atoms with Crippen LogP contribution in [0.3, 0.4) is 0 Å². The number of rotatable bonds is 5. The number of aryl methyl sites for hydroxylation is 1. The van der Waals surface area contributed by atoms with Crippen molar-refractivity contribution in [2.75, 3.05) is 25.2 Å². The summed E-state index contributed by atoms with van der Waals surface area (Å²) < 4.78 is 37.3. The van der Waals surface area contributed by atoms with Gasteiger partial charge in [-0.25, -0.2) is 18.4 Å². The minimum Gasteiger partial charge on any atom is -0.497 e. The maximum Gasteiger partial charge on any atom is 0.374 e. The molecule has 1 aliphatic heterocycles. The van der Waals surface area contributed by atoms with Gasteiger partial charge >= 0.3 is 5.97 Å². The molecule has 0 aliphatic carbocycles. The van der Waals surface area contributed by atoms with Gasteiger partial charge in [-0.3, -0.25) is 4.79 Å². The SMILES string of the molecule is COc1ccc2c(c1)CCCN2C(=O)COC(=O)c1ccc(S(N)(=O)=O)o1. The Morgan fingerprint density at radius 1 is 1.26 bits per heavy atom. The molecule has 9 nitrogen and oxygen atoms in total. The molecule has 0 saturated heterocycles. The summed E-state index contributed by atoms with van der Waals surface area (Å²) in [7, 11) is -2.49. The Kier molecular flexibility index (Phi) is 5.19. The van der Waals surface area contributed by atoms with Crippen molar-refractivity contribution >= 4 is 27.6 Å². The first-order valence-electron chi connectivity index (χ1n) is 8.06. The van der Waals surface area contributed by atoms with Gasteiger partial charge in [0, 0.05) is 12.2 Å². The molecular formula is C17H18N2O7S. The Bertz CT molecular complexity index is 981. The van der Waals surface area contributed by atoms with Crippen molar-refractivity contribution in [3.63, 3.8) is 0 Å². The van der Waals surface area contributed by atoms with E-state index in [1.165, 1.54) is 0 Å². The Hall–Kier alpha value is -2.85. The molecule has 2 aromatic rings. The molecule has 1 aromatic heterocycles. The van der Waals surface area contributed by atoms with Crippen molar-refractivity contribution in [1.82, 2.24) is 0 Å². The first-order chi connectivity index (χ1) is 12.8. The van der Waals surface area contributed by atoms with Crippen LogP contribution in [-0.2, 0) is 26.0 Å². The quantitative estimate of drug-likeness (QED) is 0.751. The molecule has 0 atom stereocenters. The minimum absolute atomic E-state index is 0.351. The van der Waals surface area contributed by atoms with Gasteiger partial charge < -0.3 is 18.8 Å². The van der Waals surface area contributed by atoms with Crippen LogP contribution in [0.15, 0.2) is 39.8 Å². The second-order valence-corrected chi connectivity index (χ2v) is 7.38. The number of sulfonamides is 1. The molecule has 1 aromatic carbocycles. The number of furan rings is 1. The number of benzene rings is 1. The standard InChI is InChI=1S/C17H18N2O7S/c1-24-12-4-5-13-11(9-12)3-2-8-19(13)15(20)10-25-17(21)14-6-7-16(26-14)27(18,22)23/h4-7,9H,2-3,8,10H2,1H3,(H2,18,22,23). The highest BCUT2D eigenvalue weighted by Crippen LogP contribution is 2.30. The lowest BCUT2D eigenvalue weighted by Crippen LogP contribution is -2.38. The summed E-state index contributed by atoms with van der Waals surface area (Å²) in [4.78, 5) is 26.0. The summed E-state index contributed by atoms with van der Waals surface area (Å²) in [6, 6.07) is 7.58. The zero-order valence-corrected chi connectivity index (χ0v) is 15.3. The van der Waals surface area contributed by atoms with E-state index in [-0.39, 0.29) is 5.76 Å². The Morgan fingerprint density at radius 3 is 2.70 bits per heavy atom. The molecule has 0 radical (unpaired) electrons. The highest BCUT2D eigenvalue weighted by molar-refractivity contribution is 7.89. The fourth-order valence-electron chi connectivity index (χ4n) is 2.82. The van der Waals surface area contributed by atoms with E-state index < -0.39 is 33.6 Å². The van der Waals surface area contributed by atoms with Crippen molar-refractivity contribution in [2.24, 2.45) is 5.14 Å². The van der Waals surface area contributed by atoms with Crippen LogP contribution in [0.25, 0.3) is 0 Å². The number of primary sulfonamides is 1. The number of hydrogen-bond acceptors (Lipinski definition) is 7. The predicted octanol–water partition coefficient (Wildman–Crippen LogP) is 1.07. The average molecular weight is 394 g/mol. The van der Waals surface area contributed by atoms with E-state index in [0.29, 0.717) is 12.3 Å². The largest absolute Gasteiger partial charge is 0.497 e. The van der Waals surface area contributed by atoms with Gasteiger partial charge in [0.25, 0.3) is 15.9 Å². The molecule has 0 bridgehead atoms. The third-order valence-corrected chi connectivity index (χ3v) is 4.88. The van der Waals surface area contributed by atoms with Crippen molar-refractivity contribution in [2.45, 2.75) is 17.9 Å². The minimum atomic E-state index is -4.06. The molecule has 0 unspecified atom stereocenters. The van der Waals surface area contributed by atoms with Gasteiger partial charge in [-0.15, -0.1) is 0 Å². The number of hydrogen-bond donors (Lipinski definition) is 1. The third-order valence-electron chi connectivity index (χ3n) is 4.10. The first kappa shape index (κ1) is 18.9. The molecule has 3 rings (SSSR count). The summed E-state index contributed by atoms with van der Waals surface area (Å²) in [6.45, 7) is 0.00173. The van der Waals surface area contributed by atoms with Gasteiger partial charge in [-0.05, 0) is 48.7 Å². The van der Waals surface area contributed by atoms with E-state index in [0.717, 1.165) is 36.2 Å². The van der Waals surface area contributed by atoms with Crippen LogP contribution in [-0.4, -0.2) is 40.6 Å². The van der Waals surface area contributed by atoms with Gasteiger partial charge in [-0.2, -0.15) is 0 Å². The first-order valence-corrected chi connectivity index (χ1v) is 9.61. The van der Waals surface area contributed by atoms with Crippen LogP contribution in [0.4, 0.5) is 5.69 Å². The van der Waals surface area contributed by atoms with E-state index in [1.807, 2.05) is 6.07 Å². The van der Waals surface area contributed by atoms with E-state index in [1.54, 1.807) is 24.1 Å². The normalized spacial score (nSPS) is 13.8. The van der Waals surface area contributed by atoms with Crippen LogP contribution in [0.5, 0.6) is 5.75 Å². The van der Waals surface area contributed by atoms with Crippen LogP contribution >= 0.6 is 0 Å². The van der Waals surface area contributed by atoms with Gasteiger partial charge in [0.2, 0.25) is 10.9 Å². The summed E-state index contributed by atoms with van der Waals surface area (Å²) in [6.07, 6.45) is 1.59. The predicted molar refractivity (Wildman–Crippen MR) is 94.0 cm³/mol. The number of methoxy groups -OCH3 is 1. The molecular weight excluding hydrogens is 376 g/mol. The van der Waals surface area contributed by atoms with E-state index in [4.69, 9.17) is 19.0 Å². The summed E-state index contributed by atoms with van der Waals surface area (Å²) >= 11 is 0. The van der Waals surface area contributed by atoms with Crippen molar-refractivity contribution in [3.05, 3.63) is 41.7 Å². The van der Waals surface area contributed by atoms with Crippen LogP contribution < -0.4 is 14.8 Å². The fourth-order valence-corrected chi connectivity index (χ4v) is 3.28. The zero-order valence-electron chi connectivity index (χ0n) is 14.5. The van der Waals surface area contributed by atoms with Crippen molar-refractivity contribution in [1.29, 1.82) is 0 Å². The number of esters is 1. The number of ether oxygens (including phenoxy) is 2. The van der Waals surface area contributed by atoms with Gasteiger partial charge in [-0.1, -0.05) is 0 Å². The topological polar surface area (TPSA) is 129 Å². The van der Waals surface area contributed by atoms with Gasteiger partial charge in [0.1, 0.15) is 5.75 Å². The molecule has 2 heterocycles. The number of fused-ring (bicyclic) bond motifs is 1. The fraction of sp³-hybridized carbons (Fsp3) is 0.294. The summed E-state index contributed by atoms with van der Waals surface area (Å²) in [5, 5.41) is 4.36. The molecule has 1 amide bonds. The number of carbonyl (C=O) groups excluding carboxylic acids is 2. The molecule has 2 N–H and O–H groups in total. The molecule has 1 aliphatic rings. The van der Waals surface area contributed by atoms with Gasteiger partial charge in [0.15, 0.2) is 6.61 Å². The second-order valence-electron chi connectivity index (χ2n) is 5.88. The molecule has 10 heteroatoms. The van der Waals surface area contributed by atoms with Gasteiger partial charge in [0.05, 0.1) is 7.11 Å². The van der Waals surface area contributed by atoms with Crippen LogP contribution in [0, 0.1) is 0 Å². The van der Waals surface area contributed by atoms with Crippen molar-refractivity contribution in [3.8, 4) is 5.75 Å². The number of amides is 1. The lowest BCUT2D eigenvalue weighted by molar-refractivity contribution is -0.121. The molecule has 0 fully saturated rings. The Labute approximate surface area is 155 Å². The molecule has 0 saturated carbocycles. The number of nitrogens with zero attached hydrogens (tertiary/aromatic N) is 1. The summed E-state index contributed by atoms with van der Waals surface area (Å²) in [5.41, 5.74) is 1.72. The zero-order chi connectivity index (χ0) is 19.6. The number of carbonyl (C=O) groups is 2. The monoisotopic (exact) mass is 394 g/mol. The maximum atomic E-state index is 12.5. The number of anilines is 1.